The summed E-state index contributed by atoms with van der Waals surface area (Å²) in [6, 6.07) is 17.9. The molecule has 3 heterocycles. The van der Waals surface area contributed by atoms with E-state index >= 15 is 0 Å². The van der Waals surface area contributed by atoms with E-state index in [-0.39, 0.29) is 5.69 Å². The van der Waals surface area contributed by atoms with Gasteiger partial charge >= 0.3 is 5.69 Å². The van der Waals surface area contributed by atoms with E-state index in [4.69, 9.17) is 11.6 Å². The number of pyridine rings is 1. The number of aryl methyl sites for hydroxylation is 2. The molecule has 0 aliphatic heterocycles. The molecule has 0 atom stereocenters. The molecule has 0 aliphatic carbocycles. The Kier molecular flexibility index (Phi) is 7.28. The number of aromatic nitrogens is 7. The Balaban J connectivity index is 1.49. The first-order valence-corrected chi connectivity index (χ1v) is 12.9. The van der Waals surface area contributed by atoms with Crippen LogP contribution in [-0.4, -0.2) is 34.7 Å². The minimum atomic E-state index is -0.0784. The number of tetrazole rings is 1. The molecule has 0 saturated heterocycles. The van der Waals surface area contributed by atoms with Gasteiger partial charge in [-0.1, -0.05) is 80.8 Å². The van der Waals surface area contributed by atoms with Gasteiger partial charge in [-0.3, -0.25) is 14.1 Å². The Labute approximate surface area is 220 Å². The van der Waals surface area contributed by atoms with Crippen molar-refractivity contribution in [2.24, 2.45) is 0 Å². The minimum Gasteiger partial charge on any atom is -0.292 e. The third kappa shape index (κ3) is 4.97. The zero-order valence-electron chi connectivity index (χ0n) is 20.9. The van der Waals surface area contributed by atoms with Gasteiger partial charge in [0.25, 0.3) is 0 Å². The van der Waals surface area contributed by atoms with E-state index in [0.29, 0.717) is 23.1 Å². The maximum Gasteiger partial charge on any atom is 0.333 e. The van der Waals surface area contributed by atoms with Gasteiger partial charge in [-0.15, -0.1) is 5.10 Å². The summed E-state index contributed by atoms with van der Waals surface area (Å²) in [5, 5.41) is 14.7. The molecule has 0 spiro atoms. The van der Waals surface area contributed by atoms with E-state index in [1.807, 2.05) is 65.4 Å². The lowest BCUT2D eigenvalue weighted by Gasteiger charge is -2.11. The third-order valence-electron chi connectivity index (χ3n) is 6.38. The normalized spacial score (nSPS) is 11.2. The van der Waals surface area contributed by atoms with Crippen LogP contribution in [0.2, 0.25) is 5.02 Å². The number of benzene rings is 2. The number of hydrogen-bond donors (Lipinski definition) is 1. The van der Waals surface area contributed by atoms with Crippen molar-refractivity contribution in [3.05, 3.63) is 99.3 Å². The zero-order valence-corrected chi connectivity index (χ0v) is 21.6. The summed E-state index contributed by atoms with van der Waals surface area (Å²) in [7, 11) is 0. The minimum absolute atomic E-state index is 0.0784. The molecule has 5 aromatic rings. The van der Waals surface area contributed by atoms with Gasteiger partial charge in [-0.2, -0.15) is 0 Å². The number of nitrogens with one attached hydrogen (secondary N) is 1. The molecular formula is C28H28ClN7O. The second-order valence-electron chi connectivity index (χ2n) is 8.95. The molecule has 5 rings (SSSR count). The number of nitrogens with zero attached hydrogens (tertiary/aromatic N) is 6. The van der Waals surface area contributed by atoms with E-state index in [1.165, 1.54) is 0 Å². The van der Waals surface area contributed by atoms with Gasteiger partial charge in [0.15, 0.2) is 5.82 Å². The van der Waals surface area contributed by atoms with E-state index in [9.17, 15) is 4.79 Å². The van der Waals surface area contributed by atoms with Crippen LogP contribution in [0.3, 0.4) is 0 Å². The highest BCUT2D eigenvalue weighted by Crippen LogP contribution is 2.28. The summed E-state index contributed by atoms with van der Waals surface area (Å²) in [5.74, 6) is 0.513. The molecule has 0 fully saturated rings. The predicted molar refractivity (Wildman–Crippen MR) is 145 cm³/mol. The van der Waals surface area contributed by atoms with Gasteiger partial charge in [-0.05, 0) is 52.1 Å². The Morgan fingerprint density at radius 1 is 0.973 bits per heavy atom. The summed E-state index contributed by atoms with van der Waals surface area (Å²) in [6.45, 7) is 4.72. The van der Waals surface area contributed by atoms with Gasteiger partial charge < -0.3 is 0 Å². The summed E-state index contributed by atoms with van der Waals surface area (Å²) < 4.78 is 3.58. The van der Waals surface area contributed by atoms with Crippen LogP contribution in [0.5, 0.6) is 0 Å². The predicted octanol–water partition coefficient (Wildman–Crippen LogP) is 5.49. The fraction of sp³-hybridized carbons (Fsp3) is 0.250. The first-order chi connectivity index (χ1) is 18.1. The van der Waals surface area contributed by atoms with Crippen molar-refractivity contribution < 1.29 is 0 Å². The lowest BCUT2D eigenvalue weighted by molar-refractivity contribution is 0.691. The molecule has 37 heavy (non-hydrogen) atoms. The maximum absolute atomic E-state index is 13.7. The Morgan fingerprint density at radius 2 is 1.78 bits per heavy atom. The molecule has 3 aromatic heterocycles. The largest absolute Gasteiger partial charge is 0.333 e. The Hall–Kier alpha value is -4.04. The standard InChI is InChI=1S/C28H28ClN7O/c1-3-7-21-9-5-11-24(29)26(21)36-18-22(8-4-2)35(28(36)37)17-19-12-14-20(15-13-19)23-10-6-16-30-25(23)27-31-33-34-32-27/h5-6,9-16,18H,3-4,7-8,17H2,1-2H3,(H,31,32,33,34). The van der Waals surface area contributed by atoms with E-state index in [1.54, 1.807) is 10.8 Å². The average molecular weight is 514 g/mol. The molecule has 188 valence electrons. The number of halogens is 1. The van der Waals surface area contributed by atoms with Crippen molar-refractivity contribution >= 4 is 11.6 Å². The van der Waals surface area contributed by atoms with Gasteiger partial charge in [0, 0.05) is 23.7 Å². The summed E-state index contributed by atoms with van der Waals surface area (Å²) >= 11 is 6.61. The molecule has 0 radical (unpaired) electrons. The molecule has 9 heteroatoms. The molecule has 0 bridgehead atoms. The first kappa shape index (κ1) is 24.6. The summed E-state index contributed by atoms with van der Waals surface area (Å²) in [5.41, 5.74) is 6.40. The maximum atomic E-state index is 13.7. The average Bonchev–Trinajstić information content (AvgIpc) is 3.55. The zero-order chi connectivity index (χ0) is 25.8. The molecule has 1 N–H and O–H groups in total. The number of imidazole rings is 1. The highest BCUT2D eigenvalue weighted by atomic mass is 35.5. The van der Waals surface area contributed by atoms with E-state index in [0.717, 1.165) is 59.3 Å². The Bertz CT molecular complexity index is 1550. The fourth-order valence-corrected chi connectivity index (χ4v) is 4.96. The monoisotopic (exact) mass is 513 g/mol. The van der Waals surface area contributed by atoms with E-state index in [2.05, 4.69) is 39.5 Å². The highest BCUT2D eigenvalue weighted by Gasteiger charge is 2.17. The molecule has 0 amide bonds. The van der Waals surface area contributed by atoms with Crippen LogP contribution in [0.4, 0.5) is 0 Å². The summed E-state index contributed by atoms with van der Waals surface area (Å²) in [4.78, 5) is 18.1. The van der Waals surface area contributed by atoms with E-state index < -0.39 is 0 Å². The van der Waals surface area contributed by atoms with Crippen LogP contribution in [0, 0.1) is 0 Å². The highest BCUT2D eigenvalue weighted by molar-refractivity contribution is 6.32. The van der Waals surface area contributed by atoms with Crippen LogP contribution in [0.1, 0.15) is 43.5 Å². The molecule has 0 unspecified atom stereocenters. The van der Waals surface area contributed by atoms with Crippen LogP contribution < -0.4 is 5.69 Å². The Morgan fingerprint density at radius 3 is 2.51 bits per heavy atom. The van der Waals surface area contributed by atoms with Gasteiger partial charge in [0.05, 0.1) is 17.3 Å². The van der Waals surface area contributed by atoms with Crippen molar-refractivity contribution in [2.45, 2.75) is 46.1 Å². The first-order valence-electron chi connectivity index (χ1n) is 12.5. The lowest BCUT2D eigenvalue weighted by atomic mass is 10.0. The van der Waals surface area contributed by atoms with Crippen LogP contribution in [0.25, 0.3) is 28.3 Å². The molecular weight excluding hydrogens is 486 g/mol. The number of para-hydroxylation sites is 1. The third-order valence-corrected chi connectivity index (χ3v) is 6.69. The number of aromatic amines is 1. The van der Waals surface area contributed by atoms with Crippen molar-refractivity contribution in [3.63, 3.8) is 0 Å². The van der Waals surface area contributed by atoms with Crippen LogP contribution in [-0.2, 0) is 19.4 Å². The smallest absolute Gasteiger partial charge is 0.292 e. The quantitative estimate of drug-likeness (QED) is 0.281. The van der Waals surface area contributed by atoms with Crippen molar-refractivity contribution in [3.8, 4) is 28.3 Å². The van der Waals surface area contributed by atoms with Crippen LogP contribution >= 0.6 is 11.6 Å². The van der Waals surface area contributed by atoms with Crippen LogP contribution in [0.15, 0.2) is 71.8 Å². The second-order valence-corrected chi connectivity index (χ2v) is 9.36. The molecule has 0 aliphatic rings. The molecule has 8 nitrogen and oxygen atoms in total. The molecule has 2 aromatic carbocycles. The summed E-state index contributed by atoms with van der Waals surface area (Å²) in [6.07, 6.45) is 7.24. The SMILES string of the molecule is CCCc1cccc(Cl)c1-n1cc(CCC)n(Cc2ccc(-c3cccnc3-c3nnn[nH]3)cc2)c1=O. The molecule has 0 saturated carbocycles. The van der Waals surface area contributed by atoms with Crippen molar-refractivity contribution in [2.75, 3.05) is 0 Å². The van der Waals surface area contributed by atoms with Crippen molar-refractivity contribution in [1.82, 2.24) is 34.7 Å². The van der Waals surface area contributed by atoms with Gasteiger partial charge in [0.1, 0.15) is 5.69 Å². The van der Waals surface area contributed by atoms with Crippen molar-refractivity contribution in [1.29, 1.82) is 0 Å². The fourth-order valence-electron chi connectivity index (χ4n) is 4.67. The van der Waals surface area contributed by atoms with Gasteiger partial charge in [-0.25, -0.2) is 9.89 Å². The van der Waals surface area contributed by atoms with Gasteiger partial charge in [0.2, 0.25) is 0 Å². The number of H-pyrrole nitrogens is 1. The topological polar surface area (TPSA) is 94.3 Å². The number of rotatable bonds is 9. The lowest BCUT2D eigenvalue weighted by Crippen LogP contribution is -2.25. The number of hydrogen-bond acceptors (Lipinski definition) is 5. The second kappa shape index (κ2) is 10.9.